The second-order valence-corrected chi connectivity index (χ2v) is 8.43. The van der Waals surface area contributed by atoms with Crippen LogP contribution >= 0.6 is 26.8 Å². The molecule has 14 heteroatoms. The van der Waals surface area contributed by atoms with Crippen LogP contribution in [0.5, 0.6) is 12.0 Å². The van der Waals surface area contributed by atoms with E-state index in [2.05, 4.69) is 15.0 Å². The van der Waals surface area contributed by atoms with Gasteiger partial charge in [-0.1, -0.05) is 0 Å². The number of rotatable bonds is 10. The highest BCUT2D eigenvalue weighted by atomic mass is 35.5. The molecule has 1 rings (SSSR count). The summed E-state index contributed by atoms with van der Waals surface area (Å²) in [4.78, 5) is 11.1. The summed E-state index contributed by atoms with van der Waals surface area (Å²) in [5.74, 6) is 0. The normalized spacial score (nSPS) is 12.2. The van der Waals surface area contributed by atoms with E-state index in [9.17, 15) is 9.13 Å². The molecule has 0 unspecified atom stereocenters. The minimum atomic E-state index is -3.42. The second-order valence-electron chi connectivity index (χ2n) is 3.67. The molecule has 23 heavy (non-hydrogen) atoms. The lowest BCUT2D eigenvalue weighted by Gasteiger charge is -2.15. The minimum Gasteiger partial charge on any atom is -0.450 e. The van der Waals surface area contributed by atoms with Crippen LogP contribution in [0.25, 0.3) is 0 Å². The molecule has 11 nitrogen and oxygen atoms in total. The molecule has 0 aromatic carbocycles. The summed E-state index contributed by atoms with van der Waals surface area (Å²) in [5.41, 5.74) is 0. The number of ether oxygens (including phenoxy) is 2. The van der Waals surface area contributed by atoms with Crippen LogP contribution in [0, 0.1) is 0 Å². The van der Waals surface area contributed by atoms with Crippen LogP contribution in [0.2, 0.25) is 5.28 Å². The third-order valence-electron chi connectivity index (χ3n) is 2.38. The van der Waals surface area contributed by atoms with Gasteiger partial charge in [-0.3, -0.25) is 9.13 Å². The molecule has 0 aliphatic heterocycles. The molecule has 132 valence electrons. The van der Waals surface area contributed by atoms with Gasteiger partial charge in [0.1, 0.15) is 0 Å². The molecule has 0 amide bonds. The quantitative estimate of drug-likeness (QED) is 0.544. The first-order valence-corrected chi connectivity index (χ1v) is 9.71. The van der Waals surface area contributed by atoms with Gasteiger partial charge in [0.2, 0.25) is 5.28 Å². The van der Waals surface area contributed by atoms with Crippen LogP contribution in [0.3, 0.4) is 0 Å². The summed E-state index contributed by atoms with van der Waals surface area (Å²) < 4.78 is 52.7. The molecule has 0 N–H and O–H groups in total. The molecule has 1 aromatic rings. The van der Waals surface area contributed by atoms with Gasteiger partial charge in [0, 0.05) is 28.4 Å². The fraction of sp³-hybridized carbons (Fsp3) is 0.667. The van der Waals surface area contributed by atoms with Crippen LogP contribution < -0.4 is 9.47 Å². The molecular weight excluding hydrogens is 376 g/mol. The topological polar surface area (TPSA) is 128 Å². The molecule has 1 heterocycles. The monoisotopic (exact) mass is 391 g/mol. The van der Waals surface area contributed by atoms with Gasteiger partial charge in [-0.15, -0.1) is 4.98 Å². The molecule has 0 atom stereocenters. The zero-order valence-electron chi connectivity index (χ0n) is 12.8. The van der Waals surface area contributed by atoms with Crippen molar-refractivity contribution in [3.8, 4) is 12.0 Å². The first-order chi connectivity index (χ1) is 10.8. The minimum absolute atomic E-state index is 0.251. The number of aromatic nitrogens is 3. The van der Waals surface area contributed by atoms with E-state index in [-0.39, 0.29) is 17.3 Å². The summed E-state index contributed by atoms with van der Waals surface area (Å²) in [5, 5.41) is -0.251. The Morgan fingerprint density at radius 2 is 1.13 bits per heavy atom. The molecule has 0 saturated carbocycles. The van der Waals surface area contributed by atoms with Gasteiger partial charge in [-0.05, 0) is 11.6 Å². The van der Waals surface area contributed by atoms with Gasteiger partial charge in [0.15, 0.2) is 12.7 Å². The predicted octanol–water partition coefficient (Wildman–Crippen LogP) is 2.17. The Balaban J connectivity index is 2.80. The van der Waals surface area contributed by atoms with Crippen molar-refractivity contribution in [3.63, 3.8) is 0 Å². The highest BCUT2D eigenvalue weighted by Crippen LogP contribution is 2.47. The average Bonchev–Trinajstić information content (AvgIpc) is 2.57. The Morgan fingerprint density at radius 3 is 1.43 bits per heavy atom. The fourth-order valence-corrected chi connectivity index (χ4v) is 2.49. The highest BCUT2D eigenvalue weighted by Gasteiger charge is 2.25. The molecular formula is C9H16ClN3O8P2. The van der Waals surface area contributed by atoms with Crippen molar-refractivity contribution in [2.24, 2.45) is 0 Å². The van der Waals surface area contributed by atoms with Crippen LogP contribution in [0.4, 0.5) is 0 Å². The molecule has 0 spiro atoms. The van der Waals surface area contributed by atoms with Crippen LogP contribution in [0.1, 0.15) is 0 Å². The van der Waals surface area contributed by atoms with Gasteiger partial charge in [0.25, 0.3) is 0 Å². The van der Waals surface area contributed by atoms with E-state index in [0.29, 0.717) is 0 Å². The summed E-state index contributed by atoms with van der Waals surface area (Å²) in [7, 11) is -2.02. The van der Waals surface area contributed by atoms with E-state index in [4.69, 9.17) is 39.2 Å². The Labute approximate surface area is 137 Å². The van der Waals surface area contributed by atoms with Crippen molar-refractivity contribution in [2.75, 3.05) is 41.1 Å². The van der Waals surface area contributed by atoms with E-state index in [1.165, 1.54) is 28.4 Å². The number of hydrogen-bond donors (Lipinski definition) is 0. The molecule has 1 aromatic heterocycles. The Kier molecular flexibility index (Phi) is 7.82. The van der Waals surface area contributed by atoms with Gasteiger partial charge in [-0.2, -0.15) is 9.97 Å². The van der Waals surface area contributed by atoms with Crippen LogP contribution in [0.15, 0.2) is 0 Å². The van der Waals surface area contributed by atoms with Crippen molar-refractivity contribution in [2.45, 2.75) is 0 Å². The Morgan fingerprint density at radius 1 is 0.783 bits per heavy atom. The Bertz CT molecular complexity index is 554. The number of halogens is 1. The van der Waals surface area contributed by atoms with Crippen LogP contribution in [-0.4, -0.2) is 56.1 Å². The van der Waals surface area contributed by atoms with E-state index < -0.39 is 27.9 Å². The lowest BCUT2D eigenvalue weighted by molar-refractivity contribution is 0.224. The van der Waals surface area contributed by atoms with Gasteiger partial charge in [0.05, 0.1) is 0 Å². The van der Waals surface area contributed by atoms with Crippen molar-refractivity contribution >= 4 is 26.8 Å². The standard InChI is InChI=1S/C9H16ClN3O8P2/c1-16-22(14,17-2)5-20-8-11-7(10)12-9(13-8)21-6-23(15,18-3)19-4/h5-6H2,1-4H3. The van der Waals surface area contributed by atoms with Crippen molar-refractivity contribution in [1.29, 1.82) is 0 Å². The highest BCUT2D eigenvalue weighted by molar-refractivity contribution is 7.53. The fourth-order valence-electron chi connectivity index (χ4n) is 1.08. The van der Waals surface area contributed by atoms with E-state index >= 15 is 0 Å². The maximum atomic E-state index is 11.9. The lowest BCUT2D eigenvalue weighted by atomic mass is 10.9. The number of nitrogens with zero attached hydrogens (tertiary/aromatic N) is 3. The van der Waals surface area contributed by atoms with Crippen molar-refractivity contribution in [3.05, 3.63) is 5.28 Å². The summed E-state index contributed by atoms with van der Waals surface area (Å²) in [6, 6.07) is -0.557. The molecule has 0 bridgehead atoms. The molecule has 0 saturated heterocycles. The van der Waals surface area contributed by atoms with Crippen LogP contribution in [-0.2, 0) is 27.2 Å². The zero-order chi connectivity index (χ0) is 17.5. The smallest absolute Gasteiger partial charge is 0.367 e. The second kappa shape index (κ2) is 8.89. The number of hydrogen-bond acceptors (Lipinski definition) is 11. The van der Waals surface area contributed by atoms with Crippen molar-refractivity contribution in [1.82, 2.24) is 15.0 Å². The molecule has 0 aliphatic rings. The van der Waals surface area contributed by atoms with Crippen molar-refractivity contribution < 1.29 is 36.7 Å². The largest absolute Gasteiger partial charge is 0.450 e. The summed E-state index contributed by atoms with van der Waals surface area (Å²) in [6.45, 7) is 0. The maximum Gasteiger partial charge on any atom is 0.367 e. The first-order valence-electron chi connectivity index (χ1n) is 5.88. The SMILES string of the molecule is COP(=O)(COc1nc(Cl)nc(OCP(=O)(OC)OC)n1)OC. The van der Waals surface area contributed by atoms with Gasteiger partial charge < -0.3 is 27.6 Å². The predicted molar refractivity (Wildman–Crippen MR) is 79.1 cm³/mol. The molecule has 0 fully saturated rings. The van der Waals surface area contributed by atoms with E-state index in [1.807, 2.05) is 0 Å². The third-order valence-corrected chi connectivity index (χ3v) is 5.67. The third kappa shape index (κ3) is 6.31. The maximum absolute atomic E-state index is 11.9. The first kappa shape index (κ1) is 20.2. The summed E-state index contributed by atoms with van der Waals surface area (Å²) >= 11 is 5.70. The van der Waals surface area contributed by atoms with Gasteiger partial charge in [-0.25, -0.2) is 0 Å². The summed E-state index contributed by atoms with van der Waals surface area (Å²) in [6.07, 6.45) is -0.900. The van der Waals surface area contributed by atoms with Gasteiger partial charge >= 0.3 is 27.2 Å². The molecule has 0 radical (unpaired) electrons. The zero-order valence-corrected chi connectivity index (χ0v) is 15.3. The Hall–Kier alpha value is -0.800. The lowest BCUT2D eigenvalue weighted by Crippen LogP contribution is -2.09. The molecule has 0 aliphatic carbocycles. The van der Waals surface area contributed by atoms with E-state index in [0.717, 1.165) is 0 Å². The van der Waals surface area contributed by atoms with E-state index in [1.54, 1.807) is 0 Å². The average molecular weight is 392 g/mol.